The summed E-state index contributed by atoms with van der Waals surface area (Å²) in [5.74, 6) is -0.283. The molecule has 1 rings (SSSR count). The molecule has 0 unspecified atom stereocenters. The monoisotopic (exact) mass is 217 g/mol. The quantitative estimate of drug-likeness (QED) is 0.585. The number of hydrogen-bond acceptors (Lipinski definition) is 3. The van der Waals surface area contributed by atoms with Gasteiger partial charge >= 0.3 is 0 Å². The molecule has 0 bridgehead atoms. The summed E-state index contributed by atoms with van der Waals surface area (Å²) < 4.78 is 0. The number of carbonyl (C=O) groups excluding carboxylic acids is 2. The average molecular weight is 217 g/mol. The van der Waals surface area contributed by atoms with Gasteiger partial charge in [0.1, 0.15) is 6.54 Å². The van der Waals surface area contributed by atoms with E-state index < -0.39 is 0 Å². The maximum absolute atomic E-state index is 11.5. The summed E-state index contributed by atoms with van der Waals surface area (Å²) in [7, 11) is 1.57. The van der Waals surface area contributed by atoms with Crippen LogP contribution < -0.4 is 5.43 Å². The first-order chi connectivity index (χ1) is 7.77. The normalized spacial score (nSPS) is 10.3. The molecule has 0 aliphatic heterocycles. The first-order valence-electron chi connectivity index (χ1n) is 4.85. The Morgan fingerprint density at radius 1 is 1.44 bits per heavy atom. The van der Waals surface area contributed by atoms with Crippen LogP contribution in [0.25, 0.3) is 6.08 Å². The molecule has 0 aromatic heterocycles. The van der Waals surface area contributed by atoms with Crippen molar-refractivity contribution < 1.29 is 9.59 Å². The largest absolute Gasteiger partial charge is 0.289 e. The third kappa shape index (κ3) is 3.67. The highest BCUT2D eigenvalue weighted by molar-refractivity contribution is 5.92. The lowest BCUT2D eigenvalue weighted by molar-refractivity contribution is -0.127. The number of rotatable bonds is 5. The fourth-order valence-corrected chi connectivity index (χ4v) is 1.15. The topological polar surface area (TPSA) is 49.4 Å². The molecule has 0 atom stereocenters. The molecule has 1 radical (unpaired) electrons. The van der Waals surface area contributed by atoms with Gasteiger partial charge in [-0.3, -0.25) is 14.6 Å². The van der Waals surface area contributed by atoms with E-state index in [-0.39, 0.29) is 12.5 Å². The van der Waals surface area contributed by atoms with Gasteiger partial charge in [-0.25, -0.2) is 5.43 Å². The minimum atomic E-state index is -0.283. The van der Waals surface area contributed by atoms with Crippen LogP contribution in [-0.4, -0.2) is 30.8 Å². The van der Waals surface area contributed by atoms with Gasteiger partial charge in [-0.2, -0.15) is 0 Å². The number of carbonyl (C=O) groups is 1. The van der Waals surface area contributed by atoms with E-state index in [0.717, 1.165) is 5.56 Å². The summed E-state index contributed by atoms with van der Waals surface area (Å²) in [4.78, 5) is 21.7. The molecule has 0 aliphatic rings. The molecule has 0 heterocycles. The molecule has 0 aliphatic carbocycles. The van der Waals surface area contributed by atoms with Crippen molar-refractivity contribution in [3.8, 4) is 0 Å². The number of hydrogen-bond donors (Lipinski definition) is 1. The summed E-state index contributed by atoms with van der Waals surface area (Å²) in [6.45, 7) is -0.0888. The number of hydrazine groups is 1. The second kappa shape index (κ2) is 6.53. The Morgan fingerprint density at radius 3 is 2.69 bits per heavy atom. The standard InChI is InChI=1S/C12H13N2O2/c1-13-14(9-10-15)12(16)8-7-11-5-3-2-4-6-11/h2-8,13H,9H2,1H3/b8-7+. The highest BCUT2D eigenvalue weighted by Gasteiger charge is 2.06. The second-order valence-corrected chi connectivity index (χ2v) is 3.04. The van der Waals surface area contributed by atoms with E-state index in [4.69, 9.17) is 0 Å². The summed E-state index contributed by atoms with van der Waals surface area (Å²) in [5.41, 5.74) is 3.54. The lowest BCUT2D eigenvalue weighted by atomic mass is 10.2. The molecule has 83 valence electrons. The number of nitrogens with zero attached hydrogens (tertiary/aromatic N) is 1. The Bertz CT molecular complexity index is 374. The molecule has 1 amide bonds. The minimum absolute atomic E-state index is 0.0888. The SMILES string of the molecule is CNN(C[C]=O)C(=O)/C=C/c1ccccc1. The van der Waals surface area contributed by atoms with Gasteiger partial charge in [0.2, 0.25) is 6.29 Å². The van der Waals surface area contributed by atoms with Gasteiger partial charge in [0.25, 0.3) is 5.91 Å². The van der Waals surface area contributed by atoms with Crippen molar-refractivity contribution in [2.24, 2.45) is 0 Å². The van der Waals surface area contributed by atoms with E-state index in [9.17, 15) is 9.59 Å². The summed E-state index contributed by atoms with van der Waals surface area (Å²) in [6, 6.07) is 9.46. The lowest BCUT2D eigenvalue weighted by Crippen LogP contribution is -2.40. The fraction of sp³-hybridized carbons (Fsp3) is 0.167. The maximum Gasteiger partial charge on any atom is 0.261 e. The van der Waals surface area contributed by atoms with Crippen LogP contribution >= 0.6 is 0 Å². The molecule has 4 heteroatoms. The zero-order valence-corrected chi connectivity index (χ0v) is 9.01. The molecule has 0 spiro atoms. The Morgan fingerprint density at radius 2 is 2.12 bits per heavy atom. The van der Waals surface area contributed by atoms with Crippen LogP contribution in [0.4, 0.5) is 0 Å². The van der Waals surface area contributed by atoms with Crippen molar-refractivity contribution in [1.29, 1.82) is 0 Å². The summed E-state index contributed by atoms with van der Waals surface area (Å²) in [5, 5.41) is 1.17. The molecule has 0 saturated heterocycles. The van der Waals surface area contributed by atoms with Crippen LogP contribution in [0, 0.1) is 0 Å². The molecule has 0 fully saturated rings. The predicted octanol–water partition coefficient (Wildman–Crippen LogP) is 0.772. The van der Waals surface area contributed by atoms with Gasteiger partial charge in [0.15, 0.2) is 0 Å². The van der Waals surface area contributed by atoms with E-state index in [1.54, 1.807) is 19.4 Å². The highest BCUT2D eigenvalue weighted by atomic mass is 16.2. The molecular weight excluding hydrogens is 204 g/mol. The van der Waals surface area contributed by atoms with Crippen LogP contribution in [0.1, 0.15) is 5.56 Å². The fourth-order valence-electron chi connectivity index (χ4n) is 1.15. The Kier molecular flexibility index (Phi) is 4.95. The van der Waals surface area contributed by atoms with Crippen molar-refractivity contribution in [2.45, 2.75) is 0 Å². The van der Waals surface area contributed by atoms with Crippen LogP contribution in [-0.2, 0) is 9.59 Å². The van der Waals surface area contributed by atoms with Gasteiger partial charge in [-0.15, -0.1) is 0 Å². The first-order valence-corrected chi connectivity index (χ1v) is 4.85. The smallest absolute Gasteiger partial charge is 0.261 e. The van der Waals surface area contributed by atoms with E-state index in [0.29, 0.717) is 0 Å². The van der Waals surface area contributed by atoms with Crippen molar-refractivity contribution in [3.63, 3.8) is 0 Å². The molecule has 1 aromatic rings. The Hall–Kier alpha value is -1.94. The number of amides is 1. The van der Waals surface area contributed by atoms with Crippen molar-refractivity contribution in [1.82, 2.24) is 10.4 Å². The zero-order chi connectivity index (χ0) is 11.8. The van der Waals surface area contributed by atoms with E-state index in [1.807, 2.05) is 30.3 Å². The van der Waals surface area contributed by atoms with Crippen LogP contribution in [0.5, 0.6) is 0 Å². The summed E-state index contributed by atoms with van der Waals surface area (Å²) in [6.07, 6.45) is 4.75. The molecule has 4 nitrogen and oxygen atoms in total. The van der Waals surface area contributed by atoms with Gasteiger partial charge < -0.3 is 0 Å². The van der Waals surface area contributed by atoms with Crippen LogP contribution in [0.15, 0.2) is 36.4 Å². The molecular formula is C12H13N2O2. The van der Waals surface area contributed by atoms with E-state index in [1.165, 1.54) is 11.1 Å². The van der Waals surface area contributed by atoms with Crippen LogP contribution in [0.3, 0.4) is 0 Å². The molecule has 1 N–H and O–H groups in total. The number of benzene rings is 1. The predicted molar refractivity (Wildman–Crippen MR) is 61.9 cm³/mol. The molecule has 16 heavy (non-hydrogen) atoms. The molecule has 0 saturated carbocycles. The van der Waals surface area contributed by atoms with Crippen molar-refractivity contribution in [2.75, 3.05) is 13.6 Å². The third-order valence-corrected chi connectivity index (χ3v) is 1.98. The van der Waals surface area contributed by atoms with Gasteiger partial charge in [0.05, 0.1) is 0 Å². The summed E-state index contributed by atoms with van der Waals surface area (Å²) >= 11 is 0. The maximum atomic E-state index is 11.5. The first kappa shape index (κ1) is 12.1. The molecule has 1 aromatic carbocycles. The lowest BCUT2D eigenvalue weighted by Gasteiger charge is -2.15. The Labute approximate surface area is 94.5 Å². The van der Waals surface area contributed by atoms with Crippen LogP contribution in [0.2, 0.25) is 0 Å². The van der Waals surface area contributed by atoms with Crippen molar-refractivity contribution >= 4 is 18.3 Å². The average Bonchev–Trinajstić information content (AvgIpc) is 2.34. The highest BCUT2D eigenvalue weighted by Crippen LogP contribution is 2.01. The Balaban J connectivity index is 2.63. The minimum Gasteiger partial charge on any atom is -0.289 e. The number of nitrogens with one attached hydrogen (secondary N) is 1. The van der Waals surface area contributed by atoms with E-state index in [2.05, 4.69) is 5.43 Å². The van der Waals surface area contributed by atoms with Crippen molar-refractivity contribution in [3.05, 3.63) is 42.0 Å². The van der Waals surface area contributed by atoms with Gasteiger partial charge in [-0.05, 0) is 11.6 Å². The van der Waals surface area contributed by atoms with Gasteiger partial charge in [0, 0.05) is 13.1 Å². The van der Waals surface area contributed by atoms with Gasteiger partial charge in [-0.1, -0.05) is 30.3 Å². The second-order valence-electron chi connectivity index (χ2n) is 3.04. The third-order valence-electron chi connectivity index (χ3n) is 1.98. The van der Waals surface area contributed by atoms with E-state index >= 15 is 0 Å². The zero-order valence-electron chi connectivity index (χ0n) is 9.01.